The van der Waals surface area contributed by atoms with Gasteiger partial charge in [-0.25, -0.2) is 13.2 Å². The van der Waals surface area contributed by atoms with Crippen LogP contribution in [0.15, 0.2) is 53.1 Å². The van der Waals surface area contributed by atoms with Crippen LogP contribution in [-0.4, -0.2) is 66.9 Å². The predicted octanol–water partition coefficient (Wildman–Crippen LogP) is 4.26. The van der Waals surface area contributed by atoms with Gasteiger partial charge in [0.1, 0.15) is 12.4 Å². The van der Waals surface area contributed by atoms with E-state index in [0.717, 1.165) is 15.7 Å². The Hall–Kier alpha value is -2.60. The second-order valence-corrected chi connectivity index (χ2v) is 11.7. The van der Waals surface area contributed by atoms with Crippen LogP contribution < -0.4 is 15.4 Å². The van der Waals surface area contributed by atoms with Crippen molar-refractivity contribution in [3.63, 3.8) is 0 Å². The van der Waals surface area contributed by atoms with Crippen LogP contribution in [0, 0.1) is 0 Å². The lowest BCUT2D eigenvalue weighted by Gasteiger charge is -2.26. The van der Waals surface area contributed by atoms with E-state index in [9.17, 15) is 13.2 Å². The Kier molecular flexibility index (Phi) is 8.00. The molecule has 0 bridgehead atoms. The van der Waals surface area contributed by atoms with Gasteiger partial charge < -0.3 is 15.4 Å². The molecule has 12 heteroatoms. The molecule has 0 spiro atoms. The number of benzene rings is 2. The Morgan fingerprint density at radius 3 is 2.43 bits per heavy atom. The molecule has 0 atom stereocenters. The van der Waals surface area contributed by atoms with E-state index in [2.05, 4.69) is 36.6 Å². The van der Waals surface area contributed by atoms with Gasteiger partial charge in [-0.15, -0.1) is 0 Å². The highest BCUT2D eigenvalue weighted by atomic mass is 79.9. The molecule has 2 N–H and O–H groups in total. The zero-order valence-electron chi connectivity index (χ0n) is 19.0. The third kappa shape index (κ3) is 6.75. The van der Waals surface area contributed by atoms with Crippen LogP contribution in [-0.2, 0) is 16.9 Å². The van der Waals surface area contributed by atoms with Crippen LogP contribution in [0.5, 0.6) is 5.75 Å². The maximum absolute atomic E-state index is 12.5. The number of hydrogen-bond donors (Lipinski definition) is 2. The lowest BCUT2D eigenvalue weighted by Crippen LogP contribution is -2.42. The maximum atomic E-state index is 12.5. The number of ether oxygens (including phenoxy) is 1. The highest BCUT2D eigenvalue weighted by Crippen LogP contribution is 2.36. The van der Waals surface area contributed by atoms with Gasteiger partial charge in [0.05, 0.1) is 27.9 Å². The molecule has 0 saturated carbocycles. The summed E-state index contributed by atoms with van der Waals surface area (Å²) < 4.78 is 31.9. The van der Waals surface area contributed by atoms with Crippen molar-refractivity contribution in [3.8, 4) is 17.0 Å². The maximum Gasteiger partial charge on any atom is 0.323 e. The molecule has 2 heterocycles. The predicted molar refractivity (Wildman–Crippen MR) is 141 cm³/mol. The summed E-state index contributed by atoms with van der Waals surface area (Å²) in [6.07, 6.45) is 1.70. The Bertz CT molecular complexity index is 1280. The molecule has 186 valence electrons. The number of carbonyl (C=O) groups is 1. The smallest absolute Gasteiger partial charge is 0.323 e. The van der Waals surface area contributed by atoms with E-state index in [1.807, 2.05) is 13.1 Å². The normalized spacial score (nSPS) is 15.5. The van der Waals surface area contributed by atoms with E-state index in [1.165, 1.54) is 0 Å². The molecule has 9 nitrogen and oxygen atoms in total. The highest BCUT2D eigenvalue weighted by Gasteiger charge is 2.22. The monoisotopic (exact) mass is 581 g/mol. The summed E-state index contributed by atoms with van der Waals surface area (Å²) >= 11 is 9.44. The van der Waals surface area contributed by atoms with Crippen molar-refractivity contribution < 1.29 is 17.9 Å². The number of carbonyl (C=O) groups excluding carboxylic acids is 1. The van der Waals surface area contributed by atoms with Crippen LogP contribution in [0.1, 0.15) is 0 Å². The molecule has 0 unspecified atom stereocenters. The first-order valence-corrected chi connectivity index (χ1v) is 13.9. The van der Waals surface area contributed by atoms with Crippen LogP contribution in [0.2, 0.25) is 5.02 Å². The third-order valence-electron chi connectivity index (χ3n) is 5.59. The SMILES string of the molecule is Cn1ncc(Br)c1-c1cc(NC(=O)Nc2ccc(Cl)cc2)ccc1OCCN1CCS(=O)(=O)CC1. The first-order valence-electron chi connectivity index (χ1n) is 10.9. The van der Waals surface area contributed by atoms with Gasteiger partial charge in [-0.3, -0.25) is 9.58 Å². The second-order valence-electron chi connectivity index (χ2n) is 8.10. The lowest BCUT2D eigenvalue weighted by molar-refractivity contribution is 0.220. The van der Waals surface area contributed by atoms with Crippen LogP contribution in [0.25, 0.3) is 11.3 Å². The van der Waals surface area contributed by atoms with Crippen molar-refractivity contribution >= 4 is 54.8 Å². The number of aromatic nitrogens is 2. The van der Waals surface area contributed by atoms with Gasteiger partial charge in [-0.05, 0) is 58.4 Å². The molecular formula is C23H25BrClN5O4S. The number of halogens is 2. The van der Waals surface area contributed by atoms with E-state index < -0.39 is 15.9 Å². The molecule has 4 rings (SSSR count). The van der Waals surface area contributed by atoms with Gasteiger partial charge in [-0.2, -0.15) is 5.10 Å². The van der Waals surface area contributed by atoms with Crippen molar-refractivity contribution in [1.82, 2.24) is 14.7 Å². The number of nitrogens with zero attached hydrogens (tertiary/aromatic N) is 3. The van der Waals surface area contributed by atoms with Gasteiger partial charge in [0.25, 0.3) is 0 Å². The molecule has 1 fully saturated rings. The second kappa shape index (κ2) is 11.0. The highest BCUT2D eigenvalue weighted by molar-refractivity contribution is 9.10. The fraction of sp³-hybridized carbons (Fsp3) is 0.304. The largest absolute Gasteiger partial charge is 0.492 e. The quantitative estimate of drug-likeness (QED) is 0.431. The first-order chi connectivity index (χ1) is 16.7. The zero-order valence-corrected chi connectivity index (χ0v) is 22.2. The Labute approximate surface area is 217 Å². The minimum absolute atomic E-state index is 0.179. The van der Waals surface area contributed by atoms with Gasteiger partial charge >= 0.3 is 6.03 Å². The van der Waals surface area contributed by atoms with E-state index in [-0.39, 0.29) is 11.5 Å². The number of nitrogens with one attached hydrogen (secondary N) is 2. The average molecular weight is 583 g/mol. The minimum Gasteiger partial charge on any atom is -0.492 e. The molecule has 1 saturated heterocycles. The summed E-state index contributed by atoms with van der Waals surface area (Å²) in [5, 5.41) is 10.5. The Morgan fingerprint density at radius 2 is 1.77 bits per heavy atom. The van der Waals surface area contributed by atoms with Crippen molar-refractivity contribution in [3.05, 3.63) is 58.2 Å². The topological polar surface area (TPSA) is 106 Å². The third-order valence-corrected chi connectivity index (χ3v) is 8.03. The lowest BCUT2D eigenvalue weighted by atomic mass is 10.1. The standard InChI is InChI=1S/C23H25BrClN5O4S/c1-29-22(20(24)15-26-29)19-14-18(28-23(31)27-17-4-2-16(25)3-5-17)6-7-21(19)34-11-8-30-9-12-35(32,33)13-10-30/h2-7,14-15H,8-13H2,1H3,(H2,27,28,31). The summed E-state index contributed by atoms with van der Waals surface area (Å²) in [4.78, 5) is 14.6. The van der Waals surface area contributed by atoms with E-state index in [4.69, 9.17) is 16.3 Å². The number of urea groups is 1. The van der Waals surface area contributed by atoms with Crippen LogP contribution >= 0.6 is 27.5 Å². The number of amides is 2. The van der Waals surface area contributed by atoms with Crippen LogP contribution in [0.3, 0.4) is 0 Å². The van der Waals surface area contributed by atoms with Gasteiger partial charge in [0, 0.05) is 48.6 Å². The fourth-order valence-corrected chi connectivity index (χ4v) is 5.68. The molecule has 1 aliphatic heterocycles. The average Bonchev–Trinajstić information content (AvgIpc) is 3.15. The molecule has 3 aromatic rings. The van der Waals surface area contributed by atoms with E-state index in [1.54, 1.807) is 47.3 Å². The van der Waals surface area contributed by atoms with Gasteiger partial charge in [0.15, 0.2) is 9.84 Å². The molecule has 35 heavy (non-hydrogen) atoms. The molecular weight excluding hydrogens is 558 g/mol. The molecule has 0 radical (unpaired) electrons. The first kappa shape index (κ1) is 25.5. The van der Waals surface area contributed by atoms with Crippen LogP contribution in [0.4, 0.5) is 16.2 Å². The van der Waals surface area contributed by atoms with Gasteiger partial charge in [0.2, 0.25) is 0 Å². The van der Waals surface area contributed by atoms with Crippen molar-refractivity contribution in [2.45, 2.75) is 0 Å². The Balaban J connectivity index is 1.47. The van der Waals surface area contributed by atoms with Crippen molar-refractivity contribution in [1.29, 1.82) is 0 Å². The van der Waals surface area contributed by atoms with E-state index in [0.29, 0.717) is 48.4 Å². The van der Waals surface area contributed by atoms with Crippen molar-refractivity contribution in [2.75, 3.05) is 48.4 Å². The summed E-state index contributed by atoms with van der Waals surface area (Å²) in [6, 6.07) is 11.8. The molecule has 2 aromatic carbocycles. The summed E-state index contributed by atoms with van der Waals surface area (Å²) in [5.74, 6) is 0.986. The molecule has 0 aliphatic carbocycles. The summed E-state index contributed by atoms with van der Waals surface area (Å²) in [6.45, 7) is 2.03. The molecule has 1 aromatic heterocycles. The minimum atomic E-state index is -2.92. The number of aryl methyl sites for hydroxylation is 1. The number of sulfone groups is 1. The number of anilines is 2. The molecule has 2 amide bonds. The zero-order chi connectivity index (χ0) is 25.0. The van der Waals surface area contributed by atoms with Gasteiger partial charge in [-0.1, -0.05) is 11.6 Å². The summed E-state index contributed by atoms with van der Waals surface area (Å²) in [7, 11) is -1.09. The Morgan fingerprint density at radius 1 is 1.11 bits per heavy atom. The fourth-order valence-electron chi connectivity index (χ4n) is 3.72. The van der Waals surface area contributed by atoms with Crippen molar-refractivity contribution in [2.24, 2.45) is 7.05 Å². The summed E-state index contributed by atoms with van der Waals surface area (Å²) in [5.41, 5.74) is 2.74. The van der Waals surface area contributed by atoms with E-state index >= 15 is 0 Å². The number of hydrogen-bond acceptors (Lipinski definition) is 6. The number of rotatable bonds is 7. The molecule has 1 aliphatic rings.